The molecule has 1 amide bonds. The van der Waals surface area contributed by atoms with Gasteiger partial charge in [-0.05, 0) is 49.1 Å². The molecule has 1 aromatic rings. The summed E-state index contributed by atoms with van der Waals surface area (Å²) in [5, 5.41) is 0. The van der Waals surface area contributed by atoms with Gasteiger partial charge < -0.3 is 4.90 Å². The Morgan fingerprint density at radius 2 is 1.71 bits per heavy atom. The Labute approximate surface area is 162 Å². The maximum absolute atomic E-state index is 13.9. The molecule has 0 radical (unpaired) electrons. The number of fused-ring (bicyclic) bond motifs is 2. The minimum Gasteiger partial charge on any atom is -0.340 e. The van der Waals surface area contributed by atoms with Crippen LogP contribution in [-0.2, 0) is 14.8 Å². The maximum atomic E-state index is 13.9. The first kappa shape index (κ1) is 19.7. The fourth-order valence-electron chi connectivity index (χ4n) is 5.00. The average Bonchev–Trinajstić information content (AvgIpc) is 3.29. The van der Waals surface area contributed by atoms with Crippen LogP contribution >= 0.6 is 0 Å². The average molecular weight is 416 g/mol. The molecule has 0 unspecified atom stereocenters. The van der Waals surface area contributed by atoms with Crippen molar-refractivity contribution in [2.75, 3.05) is 26.2 Å². The topological polar surface area (TPSA) is 57.7 Å². The van der Waals surface area contributed by atoms with Gasteiger partial charge in [-0.25, -0.2) is 21.6 Å². The standard InChI is InChI=1S/C19H23F3N2O3S/c20-15-3-4-16(19(22)18(15)21)28(26,27)24-7-5-23(6-8-24)17(25)11-14-10-12-1-2-13(14)9-12/h3-4,12-14H,1-2,5-11H2/t12-,13-,14-/m1/s1. The molecular weight excluding hydrogens is 393 g/mol. The van der Waals surface area contributed by atoms with Gasteiger partial charge in [0.05, 0.1) is 0 Å². The van der Waals surface area contributed by atoms with Gasteiger partial charge in [0.1, 0.15) is 4.90 Å². The Hall–Kier alpha value is -1.61. The molecule has 3 atom stereocenters. The fourth-order valence-corrected chi connectivity index (χ4v) is 6.48. The van der Waals surface area contributed by atoms with E-state index in [-0.39, 0.29) is 32.1 Å². The van der Waals surface area contributed by atoms with E-state index in [1.165, 1.54) is 19.3 Å². The number of hydrogen-bond acceptors (Lipinski definition) is 3. The predicted molar refractivity (Wildman–Crippen MR) is 95.2 cm³/mol. The number of hydrogen-bond donors (Lipinski definition) is 0. The molecule has 28 heavy (non-hydrogen) atoms. The van der Waals surface area contributed by atoms with Crippen molar-refractivity contribution in [3.63, 3.8) is 0 Å². The first-order chi connectivity index (χ1) is 13.3. The number of benzene rings is 1. The molecule has 0 spiro atoms. The predicted octanol–water partition coefficient (Wildman–Crippen LogP) is 2.76. The van der Waals surface area contributed by atoms with Crippen LogP contribution in [0.3, 0.4) is 0 Å². The number of carbonyl (C=O) groups excluding carboxylic acids is 1. The molecule has 9 heteroatoms. The van der Waals surface area contributed by atoms with E-state index in [4.69, 9.17) is 0 Å². The summed E-state index contributed by atoms with van der Waals surface area (Å²) in [6, 6.07) is 1.33. The molecule has 1 heterocycles. The quantitative estimate of drug-likeness (QED) is 0.710. The van der Waals surface area contributed by atoms with E-state index < -0.39 is 32.4 Å². The molecule has 4 rings (SSSR count). The Morgan fingerprint density at radius 1 is 1.00 bits per heavy atom. The largest absolute Gasteiger partial charge is 0.340 e. The molecular formula is C19H23F3N2O3S. The third-order valence-corrected chi connectivity index (χ3v) is 8.45. The SMILES string of the molecule is O=C(C[C@H]1C[C@@H]2CC[C@@H]1C2)N1CCN(S(=O)(=O)c2ccc(F)c(F)c2F)CC1. The van der Waals surface area contributed by atoms with Crippen molar-refractivity contribution in [1.82, 2.24) is 9.21 Å². The number of carbonyl (C=O) groups is 1. The van der Waals surface area contributed by atoms with Gasteiger partial charge in [0.2, 0.25) is 15.9 Å². The number of sulfonamides is 1. The fraction of sp³-hybridized carbons (Fsp3) is 0.632. The highest BCUT2D eigenvalue weighted by Gasteiger charge is 2.41. The molecule has 2 aliphatic carbocycles. The number of amides is 1. The molecule has 154 valence electrons. The van der Waals surface area contributed by atoms with E-state index in [1.807, 2.05) is 0 Å². The van der Waals surface area contributed by atoms with E-state index in [0.717, 1.165) is 22.7 Å². The summed E-state index contributed by atoms with van der Waals surface area (Å²) < 4.78 is 66.7. The van der Waals surface area contributed by atoms with Crippen molar-refractivity contribution >= 4 is 15.9 Å². The monoisotopic (exact) mass is 416 g/mol. The van der Waals surface area contributed by atoms with Crippen LogP contribution in [0.25, 0.3) is 0 Å². The maximum Gasteiger partial charge on any atom is 0.246 e. The molecule has 2 saturated carbocycles. The summed E-state index contributed by atoms with van der Waals surface area (Å²) in [6.45, 7) is 0.431. The molecule has 1 aromatic carbocycles. The van der Waals surface area contributed by atoms with Gasteiger partial charge in [-0.15, -0.1) is 0 Å². The molecule has 2 bridgehead atoms. The molecule has 5 nitrogen and oxygen atoms in total. The first-order valence-electron chi connectivity index (χ1n) is 9.68. The first-order valence-corrected chi connectivity index (χ1v) is 11.1. The highest BCUT2D eigenvalue weighted by Crippen LogP contribution is 2.49. The van der Waals surface area contributed by atoms with E-state index in [2.05, 4.69) is 0 Å². The molecule has 3 fully saturated rings. The lowest BCUT2D eigenvalue weighted by atomic mass is 9.86. The molecule has 1 saturated heterocycles. The zero-order valence-electron chi connectivity index (χ0n) is 15.4. The summed E-state index contributed by atoms with van der Waals surface area (Å²) >= 11 is 0. The Bertz CT molecular complexity index is 885. The van der Waals surface area contributed by atoms with Gasteiger partial charge in [-0.2, -0.15) is 4.31 Å². The van der Waals surface area contributed by atoms with Gasteiger partial charge in [0, 0.05) is 32.6 Å². The second-order valence-corrected chi connectivity index (χ2v) is 10.0. The Balaban J connectivity index is 1.38. The lowest BCUT2D eigenvalue weighted by Gasteiger charge is -2.35. The van der Waals surface area contributed by atoms with Crippen LogP contribution in [0.15, 0.2) is 17.0 Å². The van der Waals surface area contributed by atoms with Crippen molar-refractivity contribution in [1.29, 1.82) is 0 Å². The van der Waals surface area contributed by atoms with Gasteiger partial charge in [-0.3, -0.25) is 4.79 Å². The second-order valence-electron chi connectivity index (χ2n) is 8.10. The summed E-state index contributed by atoms with van der Waals surface area (Å²) in [7, 11) is -4.30. The van der Waals surface area contributed by atoms with Gasteiger partial charge in [-0.1, -0.05) is 6.42 Å². The van der Waals surface area contributed by atoms with E-state index in [0.29, 0.717) is 24.3 Å². The number of nitrogens with zero attached hydrogens (tertiary/aromatic N) is 2. The van der Waals surface area contributed by atoms with Crippen LogP contribution in [0.5, 0.6) is 0 Å². The highest BCUT2D eigenvalue weighted by atomic mass is 32.2. The van der Waals surface area contributed by atoms with E-state index >= 15 is 0 Å². The van der Waals surface area contributed by atoms with Crippen molar-refractivity contribution in [2.45, 2.75) is 37.0 Å². The minimum absolute atomic E-state index is 0.00320. The van der Waals surface area contributed by atoms with Crippen LogP contribution in [0.2, 0.25) is 0 Å². The number of rotatable bonds is 4. The molecule has 0 N–H and O–H groups in total. The molecule has 3 aliphatic rings. The molecule has 1 aliphatic heterocycles. The van der Waals surface area contributed by atoms with Crippen LogP contribution in [0.1, 0.15) is 32.1 Å². The van der Waals surface area contributed by atoms with Crippen LogP contribution < -0.4 is 0 Å². The van der Waals surface area contributed by atoms with Crippen LogP contribution in [0.4, 0.5) is 13.2 Å². The third kappa shape index (κ3) is 3.43. The van der Waals surface area contributed by atoms with Crippen molar-refractivity contribution in [3.8, 4) is 0 Å². The van der Waals surface area contributed by atoms with Gasteiger partial charge in [0.25, 0.3) is 0 Å². The number of piperazine rings is 1. The second kappa shape index (κ2) is 7.33. The van der Waals surface area contributed by atoms with Gasteiger partial charge >= 0.3 is 0 Å². The third-order valence-electron chi connectivity index (χ3n) is 6.53. The minimum atomic E-state index is -4.30. The highest BCUT2D eigenvalue weighted by molar-refractivity contribution is 7.89. The van der Waals surface area contributed by atoms with E-state index in [1.54, 1.807) is 4.90 Å². The number of halogens is 3. The smallest absolute Gasteiger partial charge is 0.246 e. The van der Waals surface area contributed by atoms with Crippen LogP contribution in [0, 0.1) is 35.2 Å². The lowest BCUT2D eigenvalue weighted by molar-refractivity contribution is -0.133. The summed E-state index contributed by atoms with van der Waals surface area (Å²) in [5.74, 6) is -3.08. The van der Waals surface area contributed by atoms with Gasteiger partial charge in [0.15, 0.2) is 17.5 Å². The Morgan fingerprint density at radius 3 is 2.32 bits per heavy atom. The zero-order chi connectivity index (χ0) is 20.1. The van der Waals surface area contributed by atoms with E-state index in [9.17, 15) is 26.4 Å². The summed E-state index contributed by atoms with van der Waals surface area (Å²) in [6.07, 6.45) is 5.32. The van der Waals surface area contributed by atoms with Crippen molar-refractivity contribution in [3.05, 3.63) is 29.6 Å². The summed E-state index contributed by atoms with van der Waals surface area (Å²) in [4.78, 5) is 13.4. The van der Waals surface area contributed by atoms with Crippen LogP contribution in [-0.4, -0.2) is 49.7 Å². The zero-order valence-corrected chi connectivity index (χ0v) is 16.2. The lowest BCUT2D eigenvalue weighted by Crippen LogP contribution is -2.51. The van der Waals surface area contributed by atoms with Crippen molar-refractivity contribution < 1.29 is 26.4 Å². The molecule has 0 aromatic heterocycles. The van der Waals surface area contributed by atoms with Crippen molar-refractivity contribution in [2.24, 2.45) is 17.8 Å². The Kier molecular flexibility index (Phi) is 5.16. The summed E-state index contributed by atoms with van der Waals surface area (Å²) in [5.41, 5.74) is 0. The normalized spacial score (nSPS) is 28.1.